The second-order valence-corrected chi connectivity index (χ2v) is 7.71. The van der Waals surface area contributed by atoms with E-state index in [0.29, 0.717) is 12.8 Å². The topological polar surface area (TPSA) is 110 Å². The molecule has 1 saturated heterocycles. The van der Waals surface area contributed by atoms with Gasteiger partial charge in [0.15, 0.2) is 9.84 Å². The maximum Gasteiger partial charge on any atom is 0.305 e. The van der Waals surface area contributed by atoms with Crippen molar-refractivity contribution in [2.75, 3.05) is 19.5 Å². The Balaban J connectivity index is 2.82. The molecule has 8 heteroatoms. The third-order valence-electron chi connectivity index (χ3n) is 3.30. The first-order chi connectivity index (χ1) is 9.20. The molecule has 0 bridgehead atoms. The molecule has 0 saturated carbocycles. The number of ether oxygens (including phenoxy) is 1. The summed E-state index contributed by atoms with van der Waals surface area (Å²) in [5.41, 5.74) is -1.12. The zero-order valence-electron chi connectivity index (χ0n) is 11.7. The number of carbonyl (C=O) groups excluding carboxylic acids is 1. The zero-order chi connectivity index (χ0) is 15.4. The molecule has 1 fully saturated rings. The molecule has 1 aliphatic rings. The standard InChI is InChI=1S/C12H21NO6S/c1-12(8-19-2,7-10(14)15)13-11(16)9-5-3-4-6-20(9,17)18/h9H,3-8H2,1-2H3,(H,13,16)(H,14,15). The van der Waals surface area contributed by atoms with E-state index in [1.54, 1.807) is 0 Å². The highest BCUT2D eigenvalue weighted by atomic mass is 32.2. The molecule has 2 N–H and O–H groups in total. The fraction of sp³-hybridized carbons (Fsp3) is 0.833. The van der Waals surface area contributed by atoms with Crippen molar-refractivity contribution in [3.05, 3.63) is 0 Å². The lowest BCUT2D eigenvalue weighted by atomic mass is 9.98. The number of rotatable bonds is 6. The first-order valence-corrected chi connectivity index (χ1v) is 8.16. The van der Waals surface area contributed by atoms with Crippen LogP contribution in [0.25, 0.3) is 0 Å². The number of sulfone groups is 1. The number of hydrogen-bond donors (Lipinski definition) is 2. The summed E-state index contributed by atoms with van der Waals surface area (Å²) in [7, 11) is -2.05. The number of methoxy groups -OCH3 is 1. The smallest absolute Gasteiger partial charge is 0.305 e. The van der Waals surface area contributed by atoms with E-state index in [1.165, 1.54) is 14.0 Å². The van der Waals surface area contributed by atoms with Gasteiger partial charge in [-0.05, 0) is 19.8 Å². The van der Waals surface area contributed by atoms with Gasteiger partial charge in [-0.1, -0.05) is 6.42 Å². The predicted octanol–water partition coefficient (Wildman–Crippen LogP) is -0.0503. The maximum absolute atomic E-state index is 12.1. The molecule has 0 aromatic heterocycles. The zero-order valence-corrected chi connectivity index (χ0v) is 12.5. The van der Waals surface area contributed by atoms with Crippen molar-refractivity contribution in [3.8, 4) is 0 Å². The van der Waals surface area contributed by atoms with Gasteiger partial charge in [0.2, 0.25) is 5.91 Å². The normalized spacial score (nSPS) is 24.6. The highest BCUT2D eigenvalue weighted by Gasteiger charge is 2.38. The van der Waals surface area contributed by atoms with Crippen molar-refractivity contribution >= 4 is 21.7 Å². The fourth-order valence-corrected chi connectivity index (χ4v) is 4.21. The maximum atomic E-state index is 12.1. The fourth-order valence-electron chi connectivity index (χ4n) is 2.41. The number of amides is 1. The number of hydrogen-bond acceptors (Lipinski definition) is 5. The van der Waals surface area contributed by atoms with Crippen LogP contribution in [0, 0.1) is 0 Å². The number of carboxylic acid groups (broad SMARTS) is 1. The summed E-state index contributed by atoms with van der Waals surface area (Å²) in [6.45, 7) is 1.52. The van der Waals surface area contributed by atoms with Crippen LogP contribution in [-0.2, 0) is 24.2 Å². The molecule has 1 amide bonds. The van der Waals surface area contributed by atoms with Crippen LogP contribution >= 0.6 is 0 Å². The molecule has 0 spiro atoms. The molecule has 1 aliphatic heterocycles. The third-order valence-corrected chi connectivity index (χ3v) is 5.47. The molecule has 1 heterocycles. The highest BCUT2D eigenvalue weighted by Crippen LogP contribution is 2.21. The Bertz CT molecular complexity index is 474. The summed E-state index contributed by atoms with van der Waals surface area (Å²) in [6.07, 6.45) is 1.19. The molecule has 0 aromatic rings. The summed E-state index contributed by atoms with van der Waals surface area (Å²) in [6, 6.07) is 0. The highest BCUT2D eigenvalue weighted by molar-refractivity contribution is 7.92. The Morgan fingerprint density at radius 3 is 2.55 bits per heavy atom. The Labute approximate surface area is 118 Å². The molecule has 20 heavy (non-hydrogen) atoms. The van der Waals surface area contributed by atoms with E-state index in [-0.39, 0.29) is 25.2 Å². The van der Waals surface area contributed by atoms with Gasteiger partial charge in [-0.25, -0.2) is 8.42 Å². The van der Waals surface area contributed by atoms with Crippen LogP contribution in [0.4, 0.5) is 0 Å². The van der Waals surface area contributed by atoms with Gasteiger partial charge in [0.25, 0.3) is 0 Å². The van der Waals surface area contributed by atoms with Gasteiger partial charge >= 0.3 is 5.97 Å². The molecular weight excluding hydrogens is 286 g/mol. The van der Waals surface area contributed by atoms with E-state index in [2.05, 4.69) is 5.32 Å². The molecule has 7 nitrogen and oxygen atoms in total. The van der Waals surface area contributed by atoms with Gasteiger partial charge in [0, 0.05) is 7.11 Å². The minimum Gasteiger partial charge on any atom is -0.481 e. The first kappa shape index (κ1) is 16.9. The number of aliphatic carboxylic acids is 1. The van der Waals surface area contributed by atoms with E-state index < -0.39 is 32.5 Å². The van der Waals surface area contributed by atoms with E-state index in [4.69, 9.17) is 9.84 Å². The summed E-state index contributed by atoms with van der Waals surface area (Å²) in [5, 5.41) is 10.3. The molecule has 116 valence electrons. The van der Waals surface area contributed by atoms with Gasteiger partial charge in [0.05, 0.1) is 24.3 Å². The Kier molecular flexibility index (Phi) is 5.52. The van der Waals surface area contributed by atoms with Crippen LogP contribution in [0.15, 0.2) is 0 Å². The van der Waals surface area contributed by atoms with E-state index in [1.807, 2.05) is 0 Å². The Morgan fingerprint density at radius 1 is 1.40 bits per heavy atom. The second-order valence-electron chi connectivity index (χ2n) is 5.40. The lowest BCUT2D eigenvalue weighted by molar-refractivity contribution is -0.139. The quantitative estimate of drug-likeness (QED) is 0.712. The van der Waals surface area contributed by atoms with Crippen molar-refractivity contribution in [3.63, 3.8) is 0 Å². The van der Waals surface area contributed by atoms with E-state index in [0.717, 1.165) is 0 Å². The Morgan fingerprint density at radius 2 is 2.05 bits per heavy atom. The van der Waals surface area contributed by atoms with Gasteiger partial charge in [-0.2, -0.15) is 0 Å². The van der Waals surface area contributed by atoms with Crippen LogP contribution < -0.4 is 5.32 Å². The lowest BCUT2D eigenvalue weighted by Gasteiger charge is -2.31. The van der Waals surface area contributed by atoms with Gasteiger partial charge in [0.1, 0.15) is 5.25 Å². The SMILES string of the molecule is COCC(C)(CC(=O)O)NC(=O)C1CCCCS1(=O)=O. The third kappa shape index (κ3) is 4.45. The molecule has 1 rings (SSSR count). The van der Waals surface area contributed by atoms with Crippen molar-refractivity contribution in [2.45, 2.75) is 43.4 Å². The van der Waals surface area contributed by atoms with Crippen LogP contribution in [0.1, 0.15) is 32.6 Å². The van der Waals surface area contributed by atoms with Gasteiger partial charge in [-0.15, -0.1) is 0 Å². The van der Waals surface area contributed by atoms with E-state index >= 15 is 0 Å². The summed E-state index contributed by atoms with van der Waals surface area (Å²) >= 11 is 0. The van der Waals surface area contributed by atoms with E-state index in [9.17, 15) is 18.0 Å². The van der Waals surface area contributed by atoms with Crippen LogP contribution in [0.5, 0.6) is 0 Å². The molecule has 0 aliphatic carbocycles. The summed E-state index contributed by atoms with van der Waals surface area (Å²) in [4.78, 5) is 23.0. The Hall–Kier alpha value is -1.15. The number of carbonyl (C=O) groups is 2. The number of nitrogens with one attached hydrogen (secondary N) is 1. The average Bonchev–Trinajstić information content (AvgIpc) is 2.26. The monoisotopic (exact) mass is 307 g/mol. The molecule has 0 aromatic carbocycles. The molecule has 2 unspecified atom stereocenters. The largest absolute Gasteiger partial charge is 0.481 e. The average molecular weight is 307 g/mol. The minimum atomic E-state index is -3.44. The molecule has 0 radical (unpaired) electrons. The first-order valence-electron chi connectivity index (χ1n) is 6.44. The summed E-state index contributed by atoms with van der Waals surface area (Å²) in [5.74, 6) is -1.72. The number of carboxylic acids is 1. The molecular formula is C12H21NO6S. The second kappa shape index (κ2) is 6.53. The van der Waals surface area contributed by atoms with Crippen molar-refractivity contribution in [1.29, 1.82) is 0 Å². The predicted molar refractivity (Wildman–Crippen MR) is 72.1 cm³/mol. The summed E-state index contributed by atoms with van der Waals surface area (Å²) < 4.78 is 28.7. The van der Waals surface area contributed by atoms with Crippen LogP contribution in [0.3, 0.4) is 0 Å². The van der Waals surface area contributed by atoms with Crippen molar-refractivity contribution < 1.29 is 27.9 Å². The lowest BCUT2D eigenvalue weighted by Crippen LogP contribution is -2.55. The van der Waals surface area contributed by atoms with Gasteiger partial charge in [-0.3, -0.25) is 9.59 Å². The molecule has 2 atom stereocenters. The van der Waals surface area contributed by atoms with Crippen LogP contribution in [0.2, 0.25) is 0 Å². The van der Waals surface area contributed by atoms with Crippen molar-refractivity contribution in [2.24, 2.45) is 0 Å². The van der Waals surface area contributed by atoms with Crippen molar-refractivity contribution in [1.82, 2.24) is 5.32 Å². The minimum absolute atomic E-state index is 0.00217. The van der Waals surface area contributed by atoms with Gasteiger partial charge < -0.3 is 15.2 Å². The van der Waals surface area contributed by atoms with Crippen LogP contribution in [-0.4, -0.2) is 55.7 Å².